The van der Waals surface area contributed by atoms with Gasteiger partial charge in [-0.15, -0.1) is 0 Å². The molecule has 0 saturated carbocycles. The first-order chi connectivity index (χ1) is 10.4. The number of hydrogen-bond donors (Lipinski definition) is 0. The average Bonchev–Trinajstić information content (AvgIpc) is 2.83. The van der Waals surface area contributed by atoms with Crippen molar-refractivity contribution in [3.05, 3.63) is 53.1 Å². The van der Waals surface area contributed by atoms with Crippen molar-refractivity contribution < 1.29 is 13.2 Å². The van der Waals surface area contributed by atoms with Crippen LogP contribution in [0.3, 0.4) is 0 Å². The predicted octanol–water partition coefficient (Wildman–Crippen LogP) is 3.49. The fourth-order valence-corrected chi connectivity index (χ4v) is 4.87. The van der Waals surface area contributed by atoms with E-state index in [1.54, 1.807) is 6.07 Å². The Labute approximate surface area is 135 Å². The van der Waals surface area contributed by atoms with Crippen molar-refractivity contribution in [2.45, 2.75) is 24.3 Å². The molecule has 0 aromatic heterocycles. The van der Waals surface area contributed by atoms with E-state index in [0.29, 0.717) is 12.2 Å². The maximum atomic E-state index is 13.0. The summed E-state index contributed by atoms with van der Waals surface area (Å²) in [5.41, 5.74) is 1.78. The Kier molecular flexibility index (Phi) is 3.78. The minimum atomic E-state index is -3.66. The van der Waals surface area contributed by atoms with Gasteiger partial charge in [-0.1, -0.05) is 29.8 Å². The van der Waals surface area contributed by atoms with Gasteiger partial charge in [-0.25, -0.2) is 8.42 Å². The molecule has 0 spiro atoms. The van der Waals surface area contributed by atoms with E-state index in [1.807, 2.05) is 31.2 Å². The molecule has 1 atom stereocenters. The first-order valence-electron chi connectivity index (χ1n) is 6.91. The molecular weight excluding hydrogens is 322 g/mol. The van der Waals surface area contributed by atoms with Crippen LogP contribution in [0.2, 0.25) is 5.02 Å². The first kappa shape index (κ1) is 15.2. The Bertz CT molecular complexity index is 820. The zero-order valence-corrected chi connectivity index (χ0v) is 13.9. The molecular formula is C16H16ClNO3S. The molecule has 4 nitrogen and oxygen atoms in total. The van der Waals surface area contributed by atoms with Gasteiger partial charge in [-0.2, -0.15) is 0 Å². The van der Waals surface area contributed by atoms with Crippen LogP contribution in [0.15, 0.2) is 47.4 Å². The van der Waals surface area contributed by atoms with Gasteiger partial charge in [0.25, 0.3) is 10.0 Å². The highest BCUT2D eigenvalue weighted by molar-refractivity contribution is 7.92. The van der Waals surface area contributed by atoms with E-state index >= 15 is 0 Å². The van der Waals surface area contributed by atoms with Crippen molar-refractivity contribution in [1.82, 2.24) is 0 Å². The van der Waals surface area contributed by atoms with Crippen molar-refractivity contribution in [3.63, 3.8) is 0 Å². The molecule has 0 fully saturated rings. The van der Waals surface area contributed by atoms with E-state index in [9.17, 15) is 8.42 Å². The summed E-state index contributed by atoms with van der Waals surface area (Å²) in [4.78, 5) is 0.168. The fourth-order valence-electron chi connectivity index (χ4n) is 2.82. The molecule has 2 aromatic rings. The topological polar surface area (TPSA) is 46.6 Å². The van der Waals surface area contributed by atoms with E-state index in [-0.39, 0.29) is 16.0 Å². The largest absolute Gasteiger partial charge is 0.495 e. The summed E-state index contributed by atoms with van der Waals surface area (Å²) >= 11 is 6.07. The Morgan fingerprint density at radius 1 is 1.23 bits per heavy atom. The summed E-state index contributed by atoms with van der Waals surface area (Å²) in [5, 5.41) is 0.281. The maximum absolute atomic E-state index is 13.0. The van der Waals surface area contributed by atoms with Crippen molar-refractivity contribution in [3.8, 4) is 5.75 Å². The number of nitrogens with zero attached hydrogens (tertiary/aromatic N) is 1. The molecule has 3 rings (SSSR count). The number of anilines is 1. The van der Waals surface area contributed by atoms with Crippen LogP contribution in [0, 0.1) is 0 Å². The van der Waals surface area contributed by atoms with Crippen molar-refractivity contribution in [1.29, 1.82) is 0 Å². The normalized spacial score (nSPS) is 17.4. The summed E-state index contributed by atoms with van der Waals surface area (Å²) in [6, 6.07) is 12.0. The summed E-state index contributed by atoms with van der Waals surface area (Å²) < 4.78 is 32.5. The van der Waals surface area contributed by atoms with Crippen LogP contribution in [0.1, 0.15) is 12.5 Å². The molecule has 1 aliphatic heterocycles. The van der Waals surface area contributed by atoms with Crippen molar-refractivity contribution in [2.24, 2.45) is 0 Å². The number of hydrogen-bond acceptors (Lipinski definition) is 3. The summed E-state index contributed by atoms with van der Waals surface area (Å²) in [6.07, 6.45) is 0.708. The molecule has 0 radical (unpaired) electrons. The molecule has 0 saturated heterocycles. The molecule has 0 amide bonds. The maximum Gasteiger partial charge on any atom is 0.264 e. The second kappa shape index (κ2) is 5.48. The van der Waals surface area contributed by atoms with Gasteiger partial charge in [0.05, 0.1) is 22.7 Å². The van der Waals surface area contributed by atoms with Crippen LogP contribution in [-0.2, 0) is 16.4 Å². The van der Waals surface area contributed by atoms with Crippen LogP contribution in [-0.4, -0.2) is 21.6 Å². The molecule has 0 aliphatic carbocycles. The van der Waals surface area contributed by atoms with Gasteiger partial charge in [-0.05, 0) is 43.2 Å². The molecule has 1 heterocycles. The first-order valence-corrected chi connectivity index (χ1v) is 8.73. The molecule has 0 N–H and O–H groups in total. The molecule has 1 aliphatic rings. The number of para-hydroxylation sites is 1. The third kappa shape index (κ3) is 2.34. The minimum Gasteiger partial charge on any atom is -0.495 e. The summed E-state index contributed by atoms with van der Waals surface area (Å²) in [6.45, 7) is 1.91. The van der Waals surface area contributed by atoms with E-state index < -0.39 is 10.0 Å². The highest BCUT2D eigenvalue weighted by Crippen LogP contribution is 2.37. The van der Waals surface area contributed by atoms with Gasteiger partial charge in [-0.3, -0.25) is 4.31 Å². The Balaban J connectivity index is 2.09. The number of benzene rings is 2. The Hall–Kier alpha value is -1.72. The number of methoxy groups -OCH3 is 1. The number of fused-ring (bicyclic) bond motifs is 1. The monoisotopic (exact) mass is 337 g/mol. The van der Waals surface area contributed by atoms with E-state index in [1.165, 1.54) is 23.5 Å². The molecule has 2 aromatic carbocycles. The van der Waals surface area contributed by atoms with Crippen molar-refractivity contribution in [2.75, 3.05) is 11.4 Å². The minimum absolute atomic E-state index is 0.122. The number of halogens is 1. The lowest BCUT2D eigenvalue weighted by atomic mass is 10.1. The Morgan fingerprint density at radius 2 is 1.95 bits per heavy atom. The molecule has 116 valence electrons. The quantitative estimate of drug-likeness (QED) is 0.861. The number of sulfonamides is 1. The zero-order chi connectivity index (χ0) is 15.9. The lowest BCUT2D eigenvalue weighted by Gasteiger charge is -2.24. The van der Waals surface area contributed by atoms with Gasteiger partial charge < -0.3 is 4.74 Å². The third-order valence-corrected chi connectivity index (χ3v) is 6.04. The summed E-state index contributed by atoms with van der Waals surface area (Å²) in [7, 11) is -2.16. The van der Waals surface area contributed by atoms with Crippen LogP contribution < -0.4 is 9.04 Å². The zero-order valence-electron chi connectivity index (χ0n) is 12.3. The molecule has 0 bridgehead atoms. The second-order valence-corrected chi connectivity index (χ2v) is 7.50. The summed E-state index contributed by atoms with van der Waals surface area (Å²) in [5.74, 6) is 0.454. The van der Waals surface area contributed by atoms with Crippen molar-refractivity contribution >= 4 is 27.3 Å². The van der Waals surface area contributed by atoms with Gasteiger partial charge >= 0.3 is 0 Å². The standard InChI is InChI=1S/C16H16ClNO3S/c1-11-9-12-5-3-4-6-15(12)18(11)22(19,20)13-7-8-16(21-2)14(17)10-13/h3-8,10-11H,9H2,1-2H3/t11-/m1/s1. The lowest BCUT2D eigenvalue weighted by molar-refractivity contribution is 0.414. The van der Waals surface area contributed by atoms with Crippen LogP contribution >= 0.6 is 11.6 Å². The lowest BCUT2D eigenvalue weighted by Crippen LogP contribution is -2.35. The predicted molar refractivity (Wildman–Crippen MR) is 87.3 cm³/mol. The van der Waals surface area contributed by atoms with Crippen LogP contribution in [0.4, 0.5) is 5.69 Å². The van der Waals surface area contributed by atoms with Gasteiger partial charge in [0.15, 0.2) is 0 Å². The van der Waals surface area contributed by atoms with E-state index in [0.717, 1.165) is 11.3 Å². The highest BCUT2D eigenvalue weighted by atomic mass is 35.5. The van der Waals surface area contributed by atoms with Gasteiger partial charge in [0, 0.05) is 6.04 Å². The van der Waals surface area contributed by atoms with E-state index in [4.69, 9.17) is 16.3 Å². The highest BCUT2D eigenvalue weighted by Gasteiger charge is 2.36. The fraction of sp³-hybridized carbons (Fsp3) is 0.250. The number of rotatable bonds is 3. The molecule has 22 heavy (non-hydrogen) atoms. The average molecular weight is 338 g/mol. The van der Waals surface area contributed by atoms with E-state index in [2.05, 4.69) is 0 Å². The van der Waals surface area contributed by atoms with Crippen LogP contribution in [0.25, 0.3) is 0 Å². The van der Waals surface area contributed by atoms with Gasteiger partial charge in [0.2, 0.25) is 0 Å². The third-order valence-electron chi connectivity index (χ3n) is 3.82. The molecule has 0 unspecified atom stereocenters. The van der Waals surface area contributed by atoms with Gasteiger partial charge in [0.1, 0.15) is 5.75 Å². The van der Waals surface area contributed by atoms with Crippen LogP contribution in [0.5, 0.6) is 5.75 Å². The second-order valence-electron chi connectivity index (χ2n) is 5.28. The number of ether oxygens (including phenoxy) is 1. The SMILES string of the molecule is COc1ccc(S(=O)(=O)N2c3ccccc3C[C@H]2C)cc1Cl. The Morgan fingerprint density at radius 3 is 2.64 bits per heavy atom. The smallest absolute Gasteiger partial charge is 0.264 e. The molecule has 6 heteroatoms.